The minimum absolute atomic E-state index is 0.205. The first-order valence-electron chi connectivity index (χ1n) is 5.92. The molecule has 96 valence electrons. The molecule has 1 aliphatic heterocycles. The van der Waals surface area contributed by atoms with E-state index in [4.69, 9.17) is 5.73 Å². The predicted octanol–water partition coefficient (Wildman–Crippen LogP) is -0.717. The van der Waals surface area contributed by atoms with Crippen molar-refractivity contribution >= 4 is 17.7 Å². The molecule has 0 aromatic heterocycles. The molecule has 0 aromatic rings. The maximum Gasteiger partial charge on any atom is 0.249 e. The monoisotopic (exact) mass is 241 g/mol. The number of hydrogen-bond acceptors (Lipinski definition) is 4. The summed E-state index contributed by atoms with van der Waals surface area (Å²) >= 11 is 0. The summed E-state index contributed by atoms with van der Waals surface area (Å²) in [5, 5.41) is 4.84. The van der Waals surface area contributed by atoms with E-state index in [0.29, 0.717) is 12.8 Å². The van der Waals surface area contributed by atoms with E-state index < -0.39 is 11.9 Å². The van der Waals surface area contributed by atoms with Gasteiger partial charge in [-0.15, -0.1) is 0 Å². The summed E-state index contributed by atoms with van der Waals surface area (Å²) in [4.78, 5) is 34.2. The molecule has 2 atom stereocenters. The van der Waals surface area contributed by atoms with Crippen LogP contribution in [-0.2, 0) is 14.4 Å². The number of piperidine rings is 1. The van der Waals surface area contributed by atoms with Gasteiger partial charge in [0.2, 0.25) is 17.7 Å². The molecule has 1 fully saturated rings. The van der Waals surface area contributed by atoms with E-state index in [2.05, 4.69) is 10.6 Å². The summed E-state index contributed by atoms with van der Waals surface area (Å²) in [7, 11) is 0. The molecule has 0 radical (unpaired) electrons. The first-order chi connectivity index (χ1) is 8.08. The molecular weight excluding hydrogens is 222 g/mol. The standard InChI is InChI=1S/C11H19N3O3/c1-2-3-7(6-12)10(16)13-8-4-5-9(15)14-11(8)17/h7-8H,2-6,12H2,1H3,(H,13,16)(H,14,15,17). The Kier molecular flexibility index (Phi) is 5.09. The molecule has 4 N–H and O–H groups in total. The normalized spacial score (nSPS) is 21.9. The Balaban J connectivity index is 2.50. The number of nitrogens with one attached hydrogen (secondary N) is 2. The van der Waals surface area contributed by atoms with Crippen molar-refractivity contribution in [2.45, 2.75) is 38.6 Å². The summed E-state index contributed by atoms with van der Waals surface area (Å²) in [6.45, 7) is 2.24. The average molecular weight is 241 g/mol. The zero-order valence-electron chi connectivity index (χ0n) is 9.99. The number of amides is 3. The molecule has 6 nitrogen and oxygen atoms in total. The number of carbonyl (C=O) groups excluding carboxylic acids is 3. The number of imide groups is 1. The molecule has 17 heavy (non-hydrogen) atoms. The Labute approximate surface area is 100 Å². The van der Waals surface area contributed by atoms with Crippen LogP contribution < -0.4 is 16.4 Å². The van der Waals surface area contributed by atoms with Crippen LogP contribution in [0.5, 0.6) is 0 Å². The van der Waals surface area contributed by atoms with Crippen LogP contribution in [0.2, 0.25) is 0 Å². The van der Waals surface area contributed by atoms with Crippen LogP contribution in [0.3, 0.4) is 0 Å². The van der Waals surface area contributed by atoms with Gasteiger partial charge in [0.15, 0.2) is 0 Å². The predicted molar refractivity (Wildman–Crippen MR) is 61.8 cm³/mol. The minimum Gasteiger partial charge on any atom is -0.344 e. The van der Waals surface area contributed by atoms with Gasteiger partial charge in [0.25, 0.3) is 0 Å². The third-order valence-electron chi connectivity index (χ3n) is 2.85. The van der Waals surface area contributed by atoms with Crippen molar-refractivity contribution < 1.29 is 14.4 Å². The van der Waals surface area contributed by atoms with Gasteiger partial charge in [0.1, 0.15) is 6.04 Å². The molecule has 2 unspecified atom stereocenters. The fraction of sp³-hybridized carbons (Fsp3) is 0.727. The van der Waals surface area contributed by atoms with Crippen LogP contribution in [-0.4, -0.2) is 30.3 Å². The number of rotatable bonds is 5. The minimum atomic E-state index is -0.605. The average Bonchev–Trinajstić information content (AvgIpc) is 2.29. The first kappa shape index (κ1) is 13.6. The van der Waals surface area contributed by atoms with Crippen molar-refractivity contribution in [3.05, 3.63) is 0 Å². The number of carbonyl (C=O) groups is 3. The van der Waals surface area contributed by atoms with Gasteiger partial charge in [-0.2, -0.15) is 0 Å². The summed E-state index contributed by atoms with van der Waals surface area (Å²) in [6, 6.07) is -0.605. The summed E-state index contributed by atoms with van der Waals surface area (Å²) < 4.78 is 0. The largest absolute Gasteiger partial charge is 0.344 e. The van der Waals surface area contributed by atoms with E-state index >= 15 is 0 Å². The van der Waals surface area contributed by atoms with Crippen LogP contribution in [0, 0.1) is 5.92 Å². The van der Waals surface area contributed by atoms with E-state index in [1.54, 1.807) is 0 Å². The Bertz CT molecular complexity index is 317. The fourth-order valence-corrected chi connectivity index (χ4v) is 1.83. The lowest BCUT2D eigenvalue weighted by Crippen LogP contribution is -2.53. The van der Waals surface area contributed by atoms with Crippen LogP contribution in [0.1, 0.15) is 32.6 Å². The van der Waals surface area contributed by atoms with Crippen LogP contribution in [0.25, 0.3) is 0 Å². The smallest absolute Gasteiger partial charge is 0.249 e. The second-order valence-electron chi connectivity index (χ2n) is 4.23. The van der Waals surface area contributed by atoms with E-state index in [0.717, 1.165) is 6.42 Å². The first-order valence-corrected chi connectivity index (χ1v) is 5.92. The highest BCUT2D eigenvalue weighted by atomic mass is 16.2. The third-order valence-corrected chi connectivity index (χ3v) is 2.85. The van der Waals surface area contributed by atoms with Gasteiger partial charge in [-0.05, 0) is 12.8 Å². The molecule has 1 heterocycles. The Morgan fingerprint density at radius 2 is 2.29 bits per heavy atom. The van der Waals surface area contributed by atoms with Gasteiger partial charge >= 0.3 is 0 Å². The molecule has 0 aliphatic carbocycles. The van der Waals surface area contributed by atoms with Crippen molar-refractivity contribution in [3.63, 3.8) is 0 Å². The summed E-state index contributed by atoms with van der Waals surface area (Å²) in [5.41, 5.74) is 5.51. The van der Waals surface area contributed by atoms with E-state index in [1.807, 2.05) is 6.92 Å². The lowest BCUT2D eigenvalue weighted by molar-refractivity contribution is -0.138. The summed E-state index contributed by atoms with van der Waals surface area (Å²) in [5.74, 6) is -1.18. The van der Waals surface area contributed by atoms with Crippen molar-refractivity contribution in [2.75, 3.05) is 6.54 Å². The Morgan fingerprint density at radius 3 is 2.82 bits per heavy atom. The van der Waals surface area contributed by atoms with Crippen LogP contribution >= 0.6 is 0 Å². The molecule has 0 aromatic carbocycles. The van der Waals surface area contributed by atoms with Crippen LogP contribution in [0.4, 0.5) is 0 Å². The highest BCUT2D eigenvalue weighted by Gasteiger charge is 2.29. The lowest BCUT2D eigenvalue weighted by atomic mass is 10.0. The highest BCUT2D eigenvalue weighted by Crippen LogP contribution is 2.08. The lowest BCUT2D eigenvalue weighted by Gasteiger charge is -2.24. The molecular formula is C11H19N3O3. The summed E-state index contributed by atoms with van der Waals surface area (Å²) in [6.07, 6.45) is 2.19. The third kappa shape index (κ3) is 3.81. The molecule has 6 heteroatoms. The van der Waals surface area contributed by atoms with Crippen molar-refractivity contribution in [1.29, 1.82) is 0 Å². The molecule has 1 rings (SSSR count). The van der Waals surface area contributed by atoms with E-state index in [9.17, 15) is 14.4 Å². The Morgan fingerprint density at radius 1 is 1.59 bits per heavy atom. The van der Waals surface area contributed by atoms with Gasteiger partial charge in [0.05, 0.1) is 5.92 Å². The second kappa shape index (κ2) is 6.34. The molecule has 0 saturated carbocycles. The van der Waals surface area contributed by atoms with Crippen molar-refractivity contribution in [3.8, 4) is 0 Å². The van der Waals surface area contributed by atoms with E-state index in [-0.39, 0.29) is 30.7 Å². The zero-order valence-corrected chi connectivity index (χ0v) is 9.99. The number of nitrogens with two attached hydrogens (primary N) is 1. The van der Waals surface area contributed by atoms with Gasteiger partial charge in [-0.1, -0.05) is 13.3 Å². The SMILES string of the molecule is CCCC(CN)C(=O)NC1CCC(=O)NC1=O. The van der Waals surface area contributed by atoms with Crippen LogP contribution in [0.15, 0.2) is 0 Å². The van der Waals surface area contributed by atoms with Crippen molar-refractivity contribution in [2.24, 2.45) is 11.7 Å². The number of hydrogen-bond donors (Lipinski definition) is 3. The van der Waals surface area contributed by atoms with Gasteiger partial charge in [-0.25, -0.2) is 0 Å². The molecule has 1 aliphatic rings. The molecule has 0 bridgehead atoms. The molecule has 0 spiro atoms. The van der Waals surface area contributed by atoms with Gasteiger partial charge < -0.3 is 11.1 Å². The maximum absolute atomic E-state index is 11.8. The molecule has 3 amide bonds. The molecule has 1 saturated heterocycles. The van der Waals surface area contributed by atoms with Gasteiger partial charge in [-0.3, -0.25) is 19.7 Å². The Hall–Kier alpha value is -1.43. The van der Waals surface area contributed by atoms with Crippen molar-refractivity contribution in [1.82, 2.24) is 10.6 Å². The van der Waals surface area contributed by atoms with Gasteiger partial charge in [0, 0.05) is 13.0 Å². The zero-order chi connectivity index (χ0) is 12.8. The quantitative estimate of drug-likeness (QED) is 0.553. The highest BCUT2D eigenvalue weighted by molar-refractivity contribution is 6.01. The topological polar surface area (TPSA) is 101 Å². The van der Waals surface area contributed by atoms with E-state index in [1.165, 1.54) is 0 Å². The second-order valence-corrected chi connectivity index (χ2v) is 4.23. The fourth-order valence-electron chi connectivity index (χ4n) is 1.83. The maximum atomic E-state index is 11.8.